The average molecular weight is 346 g/mol. The van der Waals surface area contributed by atoms with Gasteiger partial charge in [0, 0.05) is 44.6 Å². The van der Waals surface area contributed by atoms with Crippen molar-refractivity contribution in [2.24, 2.45) is 0 Å². The number of alkyl halides is 3. The number of ether oxygens (including phenoxy) is 1. The van der Waals surface area contributed by atoms with Gasteiger partial charge >= 0.3 is 6.18 Å². The van der Waals surface area contributed by atoms with E-state index >= 15 is 0 Å². The van der Waals surface area contributed by atoms with Crippen LogP contribution in [-0.4, -0.2) is 70.5 Å². The summed E-state index contributed by atoms with van der Waals surface area (Å²) in [6.45, 7) is 6.15. The fraction of sp³-hybridized carbons (Fsp3) is 0.812. The lowest BCUT2D eigenvalue weighted by molar-refractivity contribution is -0.141. The number of halogens is 3. The van der Waals surface area contributed by atoms with Gasteiger partial charge in [-0.15, -0.1) is 0 Å². The highest BCUT2D eigenvalue weighted by atomic mass is 19.4. The fourth-order valence-corrected chi connectivity index (χ4v) is 3.65. The lowest BCUT2D eigenvalue weighted by atomic mass is 10.0. The molecule has 2 fully saturated rings. The average Bonchev–Trinajstić information content (AvgIpc) is 2.93. The SMILES string of the molecule is CC1CN(C2CCN(Cc3nccn3CC(F)(F)F)CC2)CCO1. The Kier molecular flexibility index (Phi) is 5.46. The van der Waals surface area contributed by atoms with Crippen molar-refractivity contribution in [3.63, 3.8) is 0 Å². The first-order valence-electron chi connectivity index (χ1n) is 8.55. The van der Waals surface area contributed by atoms with E-state index in [0.717, 1.165) is 45.6 Å². The maximum atomic E-state index is 12.6. The largest absolute Gasteiger partial charge is 0.406 e. The minimum absolute atomic E-state index is 0.284. The number of likely N-dealkylation sites (tertiary alicyclic amines) is 1. The van der Waals surface area contributed by atoms with E-state index in [4.69, 9.17) is 4.74 Å². The summed E-state index contributed by atoms with van der Waals surface area (Å²) < 4.78 is 44.6. The van der Waals surface area contributed by atoms with Gasteiger partial charge in [0.25, 0.3) is 0 Å². The maximum Gasteiger partial charge on any atom is 0.406 e. The van der Waals surface area contributed by atoms with E-state index in [1.165, 1.54) is 17.0 Å². The summed E-state index contributed by atoms with van der Waals surface area (Å²) in [5, 5.41) is 0. The van der Waals surface area contributed by atoms with E-state index in [9.17, 15) is 13.2 Å². The number of morpholine rings is 1. The second-order valence-corrected chi connectivity index (χ2v) is 6.77. The zero-order valence-electron chi connectivity index (χ0n) is 14.0. The van der Waals surface area contributed by atoms with Crippen LogP contribution in [0.15, 0.2) is 12.4 Å². The van der Waals surface area contributed by atoms with Crippen LogP contribution in [-0.2, 0) is 17.8 Å². The van der Waals surface area contributed by atoms with Crippen LogP contribution in [0.4, 0.5) is 13.2 Å². The van der Waals surface area contributed by atoms with Crippen LogP contribution in [0.1, 0.15) is 25.6 Å². The van der Waals surface area contributed by atoms with Crippen molar-refractivity contribution >= 4 is 0 Å². The molecule has 0 aromatic carbocycles. The molecule has 2 saturated heterocycles. The summed E-state index contributed by atoms with van der Waals surface area (Å²) in [7, 11) is 0. The van der Waals surface area contributed by atoms with Crippen molar-refractivity contribution in [3.8, 4) is 0 Å². The first-order chi connectivity index (χ1) is 11.4. The highest BCUT2D eigenvalue weighted by molar-refractivity contribution is 4.94. The van der Waals surface area contributed by atoms with Gasteiger partial charge in [0.05, 0.1) is 19.3 Å². The summed E-state index contributed by atoms with van der Waals surface area (Å²) in [5.41, 5.74) is 0. The number of aromatic nitrogens is 2. The monoisotopic (exact) mass is 346 g/mol. The van der Waals surface area contributed by atoms with Gasteiger partial charge in [0.1, 0.15) is 12.4 Å². The maximum absolute atomic E-state index is 12.6. The van der Waals surface area contributed by atoms with Gasteiger partial charge in [-0.25, -0.2) is 4.98 Å². The number of hydrogen-bond acceptors (Lipinski definition) is 4. The number of piperidine rings is 1. The molecule has 1 aromatic rings. The molecule has 5 nitrogen and oxygen atoms in total. The van der Waals surface area contributed by atoms with Crippen molar-refractivity contribution in [1.82, 2.24) is 19.4 Å². The Morgan fingerprint density at radius 3 is 2.67 bits per heavy atom. The molecule has 2 aliphatic rings. The third-order valence-electron chi connectivity index (χ3n) is 4.86. The Labute approximate surface area is 140 Å². The van der Waals surface area contributed by atoms with Gasteiger partial charge in [-0.3, -0.25) is 9.80 Å². The highest BCUT2D eigenvalue weighted by Gasteiger charge is 2.30. The van der Waals surface area contributed by atoms with Gasteiger partial charge in [-0.05, 0) is 19.8 Å². The molecule has 8 heteroatoms. The van der Waals surface area contributed by atoms with Crippen molar-refractivity contribution in [3.05, 3.63) is 18.2 Å². The molecule has 0 aliphatic carbocycles. The third kappa shape index (κ3) is 4.70. The van der Waals surface area contributed by atoms with Gasteiger partial charge < -0.3 is 9.30 Å². The molecule has 1 atom stereocenters. The second-order valence-electron chi connectivity index (χ2n) is 6.77. The molecular weight excluding hydrogens is 321 g/mol. The summed E-state index contributed by atoms with van der Waals surface area (Å²) in [6, 6.07) is 0.558. The molecule has 3 rings (SSSR count). The lowest BCUT2D eigenvalue weighted by Gasteiger charge is -2.41. The molecule has 0 radical (unpaired) electrons. The molecule has 0 N–H and O–H groups in total. The van der Waals surface area contributed by atoms with E-state index in [2.05, 4.69) is 21.7 Å². The van der Waals surface area contributed by atoms with Crippen LogP contribution in [0.3, 0.4) is 0 Å². The Bertz CT molecular complexity index is 526. The lowest BCUT2D eigenvalue weighted by Crippen LogP contribution is -2.50. The molecule has 0 bridgehead atoms. The summed E-state index contributed by atoms with van der Waals surface area (Å²) >= 11 is 0. The molecule has 136 valence electrons. The van der Waals surface area contributed by atoms with Crippen LogP contribution in [0.2, 0.25) is 0 Å². The predicted octanol–water partition coefficient (Wildman–Crippen LogP) is 2.13. The van der Waals surface area contributed by atoms with Crippen molar-refractivity contribution in [1.29, 1.82) is 0 Å². The number of rotatable bonds is 4. The normalized spacial score (nSPS) is 25.2. The van der Waals surface area contributed by atoms with Gasteiger partial charge in [0.2, 0.25) is 0 Å². The zero-order chi connectivity index (χ0) is 17.2. The van der Waals surface area contributed by atoms with Crippen molar-refractivity contribution < 1.29 is 17.9 Å². The first-order valence-corrected chi connectivity index (χ1v) is 8.55. The smallest absolute Gasteiger partial charge is 0.376 e. The summed E-state index contributed by atoms with van der Waals surface area (Å²) in [4.78, 5) is 8.81. The Hall–Kier alpha value is -1.12. The summed E-state index contributed by atoms with van der Waals surface area (Å²) in [5.74, 6) is 0.491. The van der Waals surface area contributed by atoms with Gasteiger partial charge in [0.15, 0.2) is 0 Å². The van der Waals surface area contributed by atoms with Crippen LogP contribution >= 0.6 is 0 Å². The molecule has 0 spiro atoms. The number of hydrogen-bond donors (Lipinski definition) is 0. The van der Waals surface area contributed by atoms with E-state index in [1.807, 2.05) is 0 Å². The Morgan fingerprint density at radius 2 is 2.00 bits per heavy atom. The quantitative estimate of drug-likeness (QED) is 0.836. The molecule has 2 aliphatic heterocycles. The zero-order valence-corrected chi connectivity index (χ0v) is 14.0. The van der Waals surface area contributed by atoms with Gasteiger partial charge in [-0.2, -0.15) is 13.2 Å². The van der Waals surface area contributed by atoms with E-state index in [0.29, 0.717) is 18.4 Å². The summed E-state index contributed by atoms with van der Waals surface area (Å²) in [6.07, 6.45) is 1.02. The molecule has 3 heterocycles. The van der Waals surface area contributed by atoms with Crippen LogP contribution < -0.4 is 0 Å². The topological polar surface area (TPSA) is 33.5 Å². The van der Waals surface area contributed by atoms with Gasteiger partial charge in [-0.1, -0.05) is 0 Å². The minimum atomic E-state index is -4.21. The molecule has 1 aromatic heterocycles. The Morgan fingerprint density at radius 1 is 1.25 bits per heavy atom. The highest BCUT2D eigenvalue weighted by Crippen LogP contribution is 2.22. The van der Waals surface area contributed by atoms with E-state index in [1.54, 1.807) is 0 Å². The van der Waals surface area contributed by atoms with Crippen LogP contribution in [0, 0.1) is 0 Å². The minimum Gasteiger partial charge on any atom is -0.376 e. The van der Waals surface area contributed by atoms with Crippen LogP contribution in [0.25, 0.3) is 0 Å². The molecule has 0 saturated carbocycles. The fourth-order valence-electron chi connectivity index (χ4n) is 3.65. The van der Waals surface area contributed by atoms with Crippen LogP contribution in [0.5, 0.6) is 0 Å². The molecular formula is C16H25F3N4O. The van der Waals surface area contributed by atoms with Crippen molar-refractivity contribution in [2.45, 2.75) is 51.2 Å². The number of imidazole rings is 1. The van der Waals surface area contributed by atoms with Crippen molar-refractivity contribution in [2.75, 3.05) is 32.8 Å². The Balaban J connectivity index is 1.50. The standard InChI is InChI=1S/C16H25F3N4O/c1-13-10-22(8-9-24-13)14-2-5-21(6-3-14)11-15-20-4-7-23(15)12-16(17,18)19/h4,7,13-14H,2-3,5-6,8-12H2,1H3. The molecule has 1 unspecified atom stereocenters. The van der Waals surface area contributed by atoms with E-state index in [-0.39, 0.29) is 6.10 Å². The first kappa shape index (κ1) is 17.7. The predicted molar refractivity (Wildman–Crippen MR) is 83.6 cm³/mol. The number of nitrogens with zero attached hydrogens (tertiary/aromatic N) is 4. The third-order valence-corrected chi connectivity index (χ3v) is 4.86. The molecule has 24 heavy (non-hydrogen) atoms. The van der Waals surface area contributed by atoms with E-state index < -0.39 is 12.7 Å². The second kappa shape index (κ2) is 7.41. The molecule has 0 amide bonds.